The molecular weight excluding hydrogens is 246 g/mol. The van der Waals surface area contributed by atoms with Crippen LogP contribution in [0.3, 0.4) is 0 Å². The number of ketones is 1. The topological polar surface area (TPSA) is 61.1 Å². The van der Waals surface area contributed by atoms with Gasteiger partial charge in [0.2, 0.25) is 0 Å². The second-order valence-electron chi connectivity index (χ2n) is 4.64. The van der Waals surface area contributed by atoms with Crippen molar-refractivity contribution in [1.29, 1.82) is 5.41 Å². The molecule has 1 aliphatic rings. The van der Waals surface area contributed by atoms with Gasteiger partial charge in [-0.25, -0.2) is 0 Å². The number of carbonyl (C=O) groups excluding carboxylic acids is 1. The Balaban J connectivity index is 2.73. The summed E-state index contributed by atoms with van der Waals surface area (Å²) in [6.45, 7) is 7.74. The molecule has 0 radical (unpaired) electrons. The van der Waals surface area contributed by atoms with E-state index in [1.807, 2.05) is 11.8 Å². The standard InChI is InChI=1S/C14H21NO2S/c1-4-11(15)14-12(16)7-10(8-13(14)17)6-9(3)18-5-2/h4,9-10,15-16H,1,5-8H2,2-3H3/t9-,10-/m1/s1. The van der Waals surface area contributed by atoms with Gasteiger partial charge in [-0.05, 0) is 24.2 Å². The van der Waals surface area contributed by atoms with E-state index in [9.17, 15) is 9.90 Å². The van der Waals surface area contributed by atoms with Crippen molar-refractivity contribution < 1.29 is 9.90 Å². The molecule has 0 aromatic carbocycles. The van der Waals surface area contributed by atoms with Crippen molar-refractivity contribution in [3.05, 3.63) is 24.0 Å². The van der Waals surface area contributed by atoms with Crippen molar-refractivity contribution >= 4 is 23.3 Å². The third-order valence-corrected chi connectivity index (χ3v) is 4.21. The van der Waals surface area contributed by atoms with Gasteiger partial charge in [-0.15, -0.1) is 0 Å². The summed E-state index contributed by atoms with van der Waals surface area (Å²) in [4.78, 5) is 11.9. The summed E-state index contributed by atoms with van der Waals surface area (Å²) >= 11 is 1.87. The van der Waals surface area contributed by atoms with Crippen LogP contribution in [0.5, 0.6) is 0 Å². The van der Waals surface area contributed by atoms with E-state index in [4.69, 9.17) is 5.41 Å². The van der Waals surface area contributed by atoms with Crippen LogP contribution in [0.2, 0.25) is 0 Å². The molecule has 0 unspecified atom stereocenters. The Morgan fingerprint density at radius 3 is 2.83 bits per heavy atom. The van der Waals surface area contributed by atoms with Crippen molar-refractivity contribution in [2.75, 3.05) is 5.75 Å². The minimum atomic E-state index is -0.123. The highest BCUT2D eigenvalue weighted by Crippen LogP contribution is 2.32. The molecule has 2 N–H and O–H groups in total. The van der Waals surface area contributed by atoms with E-state index in [0.29, 0.717) is 18.1 Å². The first-order valence-corrected chi connectivity index (χ1v) is 7.32. The summed E-state index contributed by atoms with van der Waals surface area (Å²) < 4.78 is 0. The smallest absolute Gasteiger partial charge is 0.168 e. The molecular formula is C14H21NO2S. The number of hydrogen-bond donors (Lipinski definition) is 2. The van der Waals surface area contributed by atoms with E-state index in [1.165, 1.54) is 6.08 Å². The van der Waals surface area contributed by atoms with E-state index in [2.05, 4.69) is 20.4 Å². The van der Waals surface area contributed by atoms with E-state index < -0.39 is 0 Å². The highest BCUT2D eigenvalue weighted by Gasteiger charge is 2.29. The predicted octanol–water partition coefficient (Wildman–Crippen LogP) is 3.52. The van der Waals surface area contributed by atoms with E-state index in [0.717, 1.165) is 12.2 Å². The lowest BCUT2D eigenvalue weighted by Crippen LogP contribution is -2.25. The predicted molar refractivity (Wildman–Crippen MR) is 77.5 cm³/mol. The maximum Gasteiger partial charge on any atom is 0.168 e. The molecule has 1 rings (SSSR count). The Labute approximate surface area is 113 Å². The summed E-state index contributed by atoms with van der Waals surface area (Å²) in [6, 6.07) is 0. The largest absolute Gasteiger partial charge is 0.511 e. The summed E-state index contributed by atoms with van der Waals surface area (Å²) in [5, 5.41) is 18.0. The van der Waals surface area contributed by atoms with Gasteiger partial charge in [-0.2, -0.15) is 11.8 Å². The molecule has 0 saturated heterocycles. The second kappa shape index (κ2) is 6.78. The number of nitrogens with one attached hydrogen (secondary N) is 1. The van der Waals surface area contributed by atoms with Gasteiger partial charge in [0.1, 0.15) is 5.76 Å². The molecule has 18 heavy (non-hydrogen) atoms. The van der Waals surface area contributed by atoms with Gasteiger partial charge in [0.25, 0.3) is 0 Å². The minimum absolute atomic E-state index is 0.0342. The lowest BCUT2D eigenvalue weighted by molar-refractivity contribution is -0.116. The van der Waals surface area contributed by atoms with Crippen molar-refractivity contribution in [1.82, 2.24) is 0 Å². The molecule has 0 heterocycles. The Hall–Kier alpha value is -1.03. The van der Waals surface area contributed by atoms with Gasteiger partial charge >= 0.3 is 0 Å². The van der Waals surface area contributed by atoms with Crippen LogP contribution in [0.25, 0.3) is 0 Å². The Bertz CT molecular complexity index is 387. The minimum Gasteiger partial charge on any atom is -0.511 e. The fourth-order valence-corrected chi connectivity index (χ4v) is 3.35. The summed E-state index contributed by atoms with van der Waals surface area (Å²) in [6.07, 6.45) is 3.18. The first-order chi connectivity index (χ1) is 8.49. The summed E-state index contributed by atoms with van der Waals surface area (Å²) in [7, 11) is 0. The first kappa shape index (κ1) is 15.0. The third kappa shape index (κ3) is 3.73. The van der Waals surface area contributed by atoms with Crippen molar-refractivity contribution in [3.8, 4) is 0 Å². The van der Waals surface area contributed by atoms with Crippen molar-refractivity contribution in [3.63, 3.8) is 0 Å². The van der Waals surface area contributed by atoms with Crippen LogP contribution >= 0.6 is 11.8 Å². The normalized spacial score (nSPS) is 21.9. The molecule has 0 aromatic heterocycles. The molecule has 0 fully saturated rings. The molecule has 0 spiro atoms. The SMILES string of the molecule is C=CC(=N)C1=C(O)C[C@@H](C[C@@H](C)SCC)CC1=O. The molecule has 1 aliphatic carbocycles. The maximum atomic E-state index is 11.9. The average Bonchev–Trinajstić information content (AvgIpc) is 2.27. The van der Waals surface area contributed by atoms with Crippen molar-refractivity contribution in [2.45, 2.75) is 38.4 Å². The molecule has 0 amide bonds. The van der Waals surface area contributed by atoms with Crippen LogP contribution in [0, 0.1) is 11.3 Å². The van der Waals surface area contributed by atoms with E-state index >= 15 is 0 Å². The van der Waals surface area contributed by atoms with Crippen LogP contribution in [-0.4, -0.2) is 27.6 Å². The lowest BCUT2D eigenvalue weighted by atomic mass is 9.83. The van der Waals surface area contributed by atoms with Gasteiger partial charge in [0.05, 0.1) is 11.3 Å². The van der Waals surface area contributed by atoms with Crippen LogP contribution in [0.1, 0.15) is 33.1 Å². The van der Waals surface area contributed by atoms with Crippen molar-refractivity contribution in [2.24, 2.45) is 5.92 Å². The lowest BCUT2D eigenvalue weighted by Gasteiger charge is -2.25. The molecule has 2 atom stereocenters. The Kier molecular flexibility index (Phi) is 5.66. The van der Waals surface area contributed by atoms with Crippen LogP contribution < -0.4 is 0 Å². The summed E-state index contributed by atoms with van der Waals surface area (Å²) in [5.74, 6) is 1.21. The van der Waals surface area contributed by atoms with Gasteiger partial charge in [0, 0.05) is 18.1 Å². The van der Waals surface area contributed by atoms with Gasteiger partial charge in [-0.1, -0.05) is 20.4 Å². The number of thioether (sulfide) groups is 1. The number of rotatable bonds is 6. The molecule has 0 saturated carbocycles. The maximum absolute atomic E-state index is 11.9. The number of allylic oxidation sites excluding steroid dienone is 3. The zero-order chi connectivity index (χ0) is 13.7. The van der Waals surface area contributed by atoms with Crippen LogP contribution in [0.15, 0.2) is 24.0 Å². The number of aliphatic hydroxyl groups is 1. The third-order valence-electron chi connectivity index (χ3n) is 3.11. The van der Waals surface area contributed by atoms with E-state index in [-0.39, 0.29) is 28.7 Å². The van der Waals surface area contributed by atoms with E-state index in [1.54, 1.807) is 0 Å². The number of carbonyl (C=O) groups is 1. The van der Waals surface area contributed by atoms with Crippen LogP contribution in [0.4, 0.5) is 0 Å². The number of aliphatic hydroxyl groups excluding tert-OH is 1. The second-order valence-corrected chi connectivity index (χ2v) is 6.35. The van der Waals surface area contributed by atoms with Gasteiger partial charge in [0.15, 0.2) is 5.78 Å². The Morgan fingerprint density at radius 1 is 1.67 bits per heavy atom. The van der Waals surface area contributed by atoms with Gasteiger partial charge < -0.3 is 10.5 Å². The molecule has 0 aromatic rings. The highest BCUT2D eigenvalue weighted by molar-refractivity contribution is 7.99. The Morgan fingerprint density at radius 2 is 2.33 bits per heavy atom. The average molecular weight is 267 g/mol. The molecule has 3 nitrogen and oxygen atoms in total. The zero-order valence-corrected chi connectivity index (χ0v) is 11.8. The van der Waals surface area contributed by atoms with Gasteiger partial charge in [-0.3, -0.25) is 4.79 Å². The fourth-order valence-electron chi connectivity index (χ4n) is 2.37. The highest BCUT2D eigenvalue weighted by atomic mass is 32.2. The first-order valence-electron chi connectivity index (χ1n) is 6.27. The monoisotopic (exact) mass is 267 g/mol. The summed E-state index contributed by atoms with van der Waals surface area (Å²) in [5.41, 5.74) is 0.198. The zero-order valence-electron chi connectivity index (χ0n) is 11.0. The van der Waals surface area contributed by atoms with Crippen LogP contribution in [-0.2, 0) is 4.79 Å². The number of Topliss-reactive ketones (excluding diaryl/α,β-unsaturated/α-hetero) is 1. The molecule has 100 valence electrons. The number of hydrogen-bond acceptors (Lipinski definition) is 4. The quantitative estimate of drug-likeness (QED) is 0.724. The molecule has 0 bridgehead atoms. The molecule has 4 heteroatoms. The fraction of sp³-hybridized carbons (Fsp3) is 0.571. The molecule has 0 aliphatic heterocycles.